The number of hydrogen-bond donors (Lipinski definition) is 0. The summed E-state index contributed by atoms with van der Waals surface area (Å²) >= 11 is 0. The lowest BCUT2D eigenvalue weighted by atomic mass is 9.81. The summed E-state index contributed by atoms with van der Waals surface area (Å²) in [6.45, 7) is 4.82. The Kier molecular flexibility index (Phi) is 10.6. The Labute approximate surface area is 397 Å². The van der Waals surface area contributed by atoms with E-state index in [0.29, 0.717) is 5.92 Å². The molecule has 328 valence electrons. The van der Waals surface area contributed by atoms with Gasteiger partial charge in [0.2, 0.25) is 0 Å². The molecule has 0 heterocycles. The van der Waals surface area contributed by atoms with Crippen LogP contribution in [0.5, 0.6) is 0 Å². The summed E-state index contributed by atoms with van der Waals surface area (Å²) in [6, 6.07) is 76.1. The van der Waals surface area contributed by atoms with E-state index in [1.54, 1.807) is 0 Å². The third kappa shape index (κ3) is 7.53. The highest BCUT2D eigenvalue weighted by Gasteiger charge is 2.38. The second kappa shape index (κ2) is 17.2. The lowest BCUT2D eigenvalue weighted by molar-refractivity contribution is 0.443. The summed E-state index contributed by atoms with van der Waals surface area (Å²) in [5, 5.41) is 2.49. The van der Waals surface area contributed by atoms with Crippen LogP contribution in [0.15, 0.2) is 200 Å². The van der Waals surface area contributed by atoms with Crippen molar-refractivity contribution in [2.75, 3.05) is 9.80 Å². The van der Waals surface area contributed by atoms with Crippen molar-refractivity contribution in [3.05, 3.63) is 239 Å². The molecule has 0 aliphatic heterocycles. The Balaban J connectivity index is 0.995. The molecule has 0 aromatic heterocycles. The predicted octanol–water partition coefficient (Wildman–Crippen LogP) is 17.7. The average Bonchev–Trinajstić information content (AvgIpc) is 3.61. The first-order chi connectivity index (χ1) is 33.0. The topological polar surface area (TPSA) is 6.48 Å². The van der Waals surface area contributed by atoms with Crippen molar-refractivity contribution in [2.45, 2.75) is 83.0 Å². The van der Waals surface area contributed by atoms with E-state index in [0.717, 1.165) is 25.7 Å². The van der Waals surface area contributed by atoms with Gasteiger partial charge in [-0.15, -0.1) is 0 Å². The van der Waals surface area contributed by atoms with Crippen LogP contribution in [0.2, 0.25) is 0 Å². The van der Waals surface area contributed by atoms with E-state index in [-0.39, 0.29) is 5.41 Å². The summed E-state index contributed by atoms with van der Waals surface area (Å²) in [5.41, 5.74) is 22.1. The molecule has 0 N–H and O–H groups in total. The van der Waals surface area contributed by atoms with Gasteiger partial charge in [-0.1, -0.05) is 179 Å². The highest BCUT2D eigenvalue weighted by Crippen LogP contribution is 2.55. The van der Waals surface area contributed by atoms with Gasteiger partial charge in [-0.3, -0.25) is 0 Å². The van der Waals surface area contributed by atoms with Gasteiger partial charge in [0.15, 0.2) is 0 Å². The molecule has 4 bridgehead atoms. The highest BCUT2D eigenvalue weighted by atomic mass is 15.2. The fraction of sp³-hybridized carbons (Fsp3) is 0.200. The van der Waals surface area contributed by atoms with E-state index in [1.165, 1.54) is 138 Å². The van der Waals surface area contributed by atoms with Gasteiger partial charge in [0, 0.05) is 39.2 Å². The number of aryl methyl sites for hydroxylation is 4. The number of fused-ring (bicyclic) bond motifs is 4. The van der Waals surface area contributed by atoms with Gasteiger partial charge in [-0.25, -0.2) is 0 Å². The average molecular weight is 867 g/mol. The fourth-order valence-corrected chi connectivity index (χ4v) is 11.8. The molecule has 67 heavy (non-hydrogen) atoms. The first-order valence-corrected chi connectivity index (χ1v) is 24.8. The summed E-state index contributed by atoms with van der Waals surface area (Å²) in [6.07, 6.45) is 10.4. The van der Waals surface area contributed by atoms with Crippen LogP contribution in [-0.2, 0) is 31.1 Å². The monoisotopic (exact) mass is 866 g/mol. The molecule has 15 rings (SSSR count). The van der Waals surface area contributed by atoms with Gasteiger partial charge in [0.25, 0.3) is 0 Å². The molecule has 0 atom stereocenters. The van der Waals surface area contributed by atoms with E-state index >= 15 is 0 Å². The van der Waals surface area contributed by atoms with Crippen LogP contribution in [-0.4, -0.2) is 0 Å². The number of anilines is 6. The van der Waals surface area contributed by atoms with Crippen LogP contribution < -0.4 is 9.80 Å². The Morgan fingerprint density at radius 2 is 1.03 bits per heavy atom. The summed E-state index contributed by atoms with van der Waals surface area (Å²) in [5.74, 6) is 0.683. The minimum Gasteiger partial charge on any atom is -0.310 e. The maximum absolute atomic E-state index is 2.61. The van der Waals surface area contributed by atoms with E-state index in [9.17, 15) is 0 Å². The quantitative estimate of drug-likeness (QED) is 0.150. The van der Waals surface area contributed by atoms with Gasteiger partial charge >= 0.3 is 0 Å². The summed E-state index contributed by atoms with van der Waals surface area (Å²) < 4.78 is 0. The molecule has 2 nitrogen and oxygen atoms in total. The second-order valence-corrected chi connectivity index (χ2v) is 19.8. The van der Waals surface area contributed by atoms with E-state index in [1.807, 2.05) is 0 Å². The van der Waals surface area contributed by atoms with E-state index in [4.69, 9.17) is 0 Å². The number of para-hydroxylation sites is 1. The second-order valence-electron chi connectivity index (χ2n) is 19.8. The Hall–Kier alpha value is -7.16. The smallest absolute Gasteiger partial charge is 0.0540 e. The van der Waals surface area contributed by atoms with Crippen LogP contribution in [0.1, 0.15) is 90.8 Å². The van der Waals surface area contributed by atoms with Crippen molar-refractivity contribution >= 4 is 44.9 Å². The number of hydrogen-bond acceptors (Lipinski definition) is 2. The molecule has 6 aliphatic carbocycles. The first-order valence-electron chi connectivity index (χ1n) is 24.8. The Morgan fingerprint density at radius 1 is 0.418 bits per heavy atom. The standard InChI is InChI=1S/C65H58N2/c1-65(2)59-27-15-14-26-57(59)64-58(50-19-8-4-9-20-50)43-55(44-60(64)65)67(61-28-16-22-49-21-12-13-25-56(49)61)63-42-46-30-34-51-33-29-45(31-35-52(63)36-32-46)41-62(51)66(53-23-10-5-11-24-53)54-39-37-48(38-40-54)47-17-6-3-7-18-47/h4-5,8-16,19-29,32-33,36-44,47H,3,6-7,17-18,30-31,34-35H2,1-2H3. The third-order valence-electron chi connectivity index (χ3n) is 15.4. The Morgan fingerprint density at radius 3 is 1.76 bits per heavy atom. The number of rotatable bonds is 8. The zero-order chi connectivity index (χ0) is 44.9. The predicted molar refractivity (Wildman–Crippen MR) is 283 cm³/mol. The molecule has 2 heteroatoms. The van der Waals surface area contributed by atoms with Crippen LogP contribution in [0, 0.1) is 0 Å². The Bertz CT molecular complexity index is 3240. The largest absolute Gasteiger partial charge is 0.310 e. The fourth-order valence-electron chi connectivity index (χ4n) is 11.8. The van der Waals surface area contributed by atoms with Gasteiger partial charge in [-0.05, 0) is 166 Å². The molecule has 1 fully saturated rings. The molecule has 0 unspecified atom stereocenters. The molecule has 9 aromatic carbocycles. The highest BCUT2D eigenvalue weighted by molar-refractivity contribution is 6.02. The van der Waals surface area contributed by atoms with Crippen LogP contribution in [0.25, 0.3) is 33.0 Å². The lowest BCUT2D eigenvalue weighted by Crippen LogP contribution is -2.18. The minimum absolute atomic E-state index is 0.174. The zero-order valence-corrected chi connectivity index (χ0v) is 38.9. The molecular formula is C65H58N2. The molecule has 0 radical (unpaired) electrons. The maximum atomic E-state index is 2.61. The van der Waals surface area contributed by atoms with E-state index < -0.39 is 0 Å². The van der Waals surface area contributed by atoms with Crippen molar-refractivity contribution in [3.8, 4) is 22.3 Å². The molecular weight excluding hydrogens is 809 g/mol. The molecule has 9 aromatic rings. The lowest BCUT2D eigenvalue weighted by Gasteiger charge is -2.32. The SMILES string of the molecule is CC1(C)c2ccccc2-c2c(-c3ccccc3)cc(N(c3cc4ccc3CCc3ccc(c(N(c5ccccc5)c5ccc(C6CCCCC6)cc5)c3)CC4)c3cccc4ccccc34)cc21. The summed E-state index contributed by atoms with van der Waals surface area (Å²) in [4.78, 5) is 5.13. The molecule has 0 spiro atoms. The van der Waals surface area contributed by atoms with Crippen LogP contribution >= 0.6 is 0 Å². The van der Waals surface area contributed by atoms with E-state index in [2.05, 4.69) is 224 Å². The molecule has 0 saturated heterocycles. The van der Waals surface area contributed by atoms with Crippen molar-refractivity contribution in [2.24, 2.45) is 0 Å². The minimum atomic E-state index is -0.174. The molecule has 6 aliphatic rings. The van der Waals surface area contributed by atoms with Gasteiger partial charge in [-0.2, -0.15) is 0 Å². The number of benzene rings is 9. The van der Waals surface area contributed by atoms with Gasteiger partial charge in [0.1, 0.15) is 0 Å². The molecule has 1 saturated carbocycles. The first kappa shape index (κ1) is 41.3. The van der Waals surface area contributed by atoms with Crippen molar-refractivity contribution < 1.29 is 0 Å². The van der Waals surface area contributed by atoms with Crippen LogP contribution in [0.3, 0.4) is 0 Å². The van der Waals surface area contributed by atoms with Gasteiger partial charge < -0.3 is 9.80 Å². The van der Waals surface area contributed by atoms with Crippen molar-refractivity contribution in [1.29, 1.82) is 0 Å². The number of nitrogens with zero attached hydrogens (tertiary/aromatic N) is 2. The van der Waals surface area contributed by atoms with Gasteiger partial charge in [0.05, 0.1) is 5.69 Å². The van der Waals surface area contributed by atoms with Crippen molar-refractivity contribution in [3.63, 3.8) is 0 Å². The molecule has 0 amide bonds. The van der Waals surface area contributed by atoms with Crippen LogP contribution in [0.4, 0.5) is 34.1 Å². The maximum Gasteiger partial charge on any atom is 0.0540 e. The van der Waals surface area contributed by atoms with Crippen molar-refractivity contribution in [1.82, 2.24) is 0 Å². The summed E-state index contributed by atoms with van der Waals surface area (Å²) in [7, 11) is 0. The normalized spacial score (nSPS) is 15.1. The third-order valence-corrected chi connectivity index (χ3v) is 15.4. The zero-order valence-electron chi connectivity index (χ0n) is 38.9.